The van der Waals surface area contributed by atoms with Gasteiger partial charge in [0.1, 0.15) is 0 Å². The van der Waals surface area contributed by atoms with E-state index in [-0.39, 0.29) is 27.4 Å². The molecule has 2 aliphatic heterocycles. The van der Waals surface area contributed by atoms with Crippen LogP contribution < -0.4 is 4.46 Å². The third kappa shape index (κ3) is 4.70. The zero-order valence-electron chi connectivity index (χ0n) is 17.3. The number of aliphatic hydroxyl groups is 1. The number of methoxy groups -OCH3 is 2. The van der Waals surface area contributed by atoms with Crippen molar-refractivity contribution in [3.05, 3.63) is 30.3 Å². The SMILES string of the molecule is COC1(C)OC2C(COC(=O)CCl)OC([Se]c3ccccc3)C(O)C2OC1(C)OC. The average Bonchev–Trinajstić information content (AvgIpc) is 2.76. The van der Waals surface area contributed by atoms with Crippen molar-refractivity contribution in [2.24, 2.45) is 0 Å². The Balaban J connectivity index is 1.88. The summed E-state index contributed by atoms with van der Waals surface area (Å²) >= 11 is 5.32. The van der Waals surface area contributed by atoms with Gasteiger partial charge in [-0.15, -0.1) is 0 Å². The molecule has 0 aliphatic carbocycles. The Hall–Kier alpha value is -0.741. The molecule has 2 aliphatic rings. The van der Waals surface area contributed by atoms with E-state index in [9.17, 15) is 9.90 Å². The van der Waals surface area contributed by atoms with Crippen LogP contribution in [-0.2, 0) is 33.2 Å². The number of benzene rings is 1. The summed E-state index contributed by atoms with van der Waals surface area (Å²) in [5.41, 5.74) is 0. The van der Waals surface area contributed by atoms with Gasteiger partial charge in [-0.25, -0.2) is 0 Å². The second-order valence-electron chi connectivity index (χ2n) is 7.25. The molecule has 2 saturated heterocycles. The molecule has 7 atom stereocenters. The molecule has 0 amide bonds. The number of carbonyl (C=O) groups is 1. The van der Waals surface area contributed by atoms with E-state index in [1.165, 1.54) is 14.2 Å². The van der Waals surface area contributed by atoms with E-state index >= 15 is 0 Å². The van der Waals surface area contributed by atoms with Gasteiger partial charge >= 0.3 is 187 Å². The van der Waals surface area contributed by atoms with Gasteiger partial charge in [-0.3, -0.25) is 0 Å². The van der Waals surface area contributed by atoms with E-state index in [2.05, 4.69) is 0 Å². The van der Waals surface area contributed by atoms with Crippen LogP contribution in [-0.4, -0.2) is 93.7 Å². The van der Waals surface area contributed by atoms with E-state index in [0.717, 1.165) is 4.46 Å². The normalized spacial score (nSPS) is 38.7. The summed E-state index contributed by atoms with van der Waals surface area (Å²) in [4.78, 5) is 11.6. The van der Waals surface area contributed by atoms with Crippen molar-refractivity contribution >= 4 is 37.0 Å². The monoisotopic (exact) mass is 510 g/mol. The molecule has 2 heterocycles. The van der Waals surface area contributed by atoms with Gasteiger partial charge in [-0.1, -0.05) is 0 Å². The van der Waals surface area contributed by atoms with Crippen molar-refractivity contribution < 1.29 is 38.3 Å². The van der Waals surface area contributed by atoms with Crippen molar-refractivity contribution in [1.82, 2.24) is 0 Å². The molecule has 7 unspecified atom stereocenters. The molecule has 8 nitrogen and oxygen atoms in total. The third-order valence-electron chi connectivity index (χ3n) is 5.45. The molecule has 30 heavy (non-hydrogen) atoms. The molecule has 0 bridgehead atoms. The summed E-state index contributed by atoms with van der Waals surface area (Å²) in [6.07, 6.45) is -3.19. The Labute approximate surface area is 187 Å². The molecule has 0 spiro atoms. The Morgan fingerprint density at radius 1 is 1.13 bits per heavy atom. The second kappa shape index (κ2) is 9.81. The van der Waals surface area contributed by atoms with Crippen molar-refractivity contribution in [3.63, 3.8) is 0 Å². The fourth-order valence-electron chi connectivity index (χ4n) is 3.45. The van der Waals surface area contributed by atoms with Gasteiger partial charge in [-0.05, 0) is 0 Å². The number of carbonyl (C=O) groups excluding carboxylic acids is 1. The van der Waals surface area contributed by atoms with Gasteiger partial charge in [0.2, 0.25) is 0 Å². The van der Waals surface area contributed by atoms with Crippen molar-refractivity contribution in [3.8, 4) is 0 Å². The Morgan fingerprint density at radius 3 is 2.30 bits per heavy atom. The molecule has 3 rings (SSSR count). The molecule has 1 N–H and O–H groups in total. The summed E-state index contributed by atoms with van der Waals surface area (Å²) in [7, 11) is 2.96. The van der Waals surface area contributed by atoms with Crippen LogP contribution in [0.4, 0.5) is 0 Å². The van der Waals surface area contributed by atoms with Gasteiger partial charge in [0.05, 0.1) is 0 Å². The first-order valence-corrected chi connectivity index (χ1v) is 11.9. The van der Waals surface area contributed by atoms with Crippen molar-refractivity contribution in [2.45, 2.75) is 54.8 Å². The standard InChI is InChI=1S/C20H27ClO8Se/c1-19(24-3)20(2,25-4)29-17-15(23)18(30-12-8-6-5-7-9-12)27-13(16(17)28-19)11-26-14(22)10-21/h5-9,13,15-18,23H,10-11H2,1-4H3. The predicted octanol–water partition coefficient (Wildman–Crippen LogP) is 0.393. The molecular weight excluding hydrogens is 483 g/mol. The summed E-state index contributed by atoms with van der Waals surface area (Å²) < 4.78 is 36.0. The van der Waals surface area contributed by atoms with Crippen LogP contribution in [0.1, 0.15) is 13.8 Å². The van der Waals surface area contributed by atoms with Gasteiger partial charge in [0.25, 0.3) is 0 Å². The van der Waals surface area contributed by atoms with Gasteiger partial charge in [-0.2, -0.15) is 0 Å². The van der Waals surface area contributed by atoms with Crippen molar-refractivity contribution in [2.75, 3.05) is 26.7 Å². The van der Waals surface area contributed by atoms with Crippen LogP contribution in [0, 0.1) is 0 Å². The molecule has 2 fully saturated rings. The van der Waals surface area contributed by atoms with E-state index < -0.39 is 47.0 Å². The first kappa shape index (κ1) is 23.9. The molecule has 0 aromatic heterocycles. The van der Waals surface area contributed by atoms with Crippen molar-refractivity contribution in [1.29, 1.82) is 0 Å². The van der Waals surface area contributed by atoms with Gasteiger partial charge in [0.15, 0.2) is 0 Å². The average molecular weight is 510 g/mol. The zero-order valence-corrected chi connectivity index (χ0v) is 19.7. The third-order valence-corrected chi connectivity index (χ3v) is 8.12. The molecule has 0 radical (unpaired) electrons. The summed E-state index contributed by atoms with van der Waals surface area (Å²) in [6.45, 7) is 3.28. The first-order valence-electron chi connectivity index (χ1n) is 9.49. The fraction of sp³-hybridized carbons (Fsp3) is 0.650. The van der Waals surface area contributed by atoms with E-state index in [0.29, 0.717) is 0 Å². The van der Waals surface area contributed by atoms with Gasteiger partial charge < -0.3 is 0 Å². The number of aliphatic hydroxyl groups excluding tert-OH is 1. The van der Waals surface area contributed by atoms with E-state index in [1.54, 1.807) is 13.8 Å². The fourth-order valence-corrected chi connectivity index (χ4v) is 5.78. The molecular formula is C20H27ClO8Se. The summed E-state index contributed by atoms with van der Waals surface area (Å²) in [6, 6.07) is 9.74. The minimum atomic E-state index is -1.28. The number of rotatable bonds is 7. The van der Waals surface area contributed by atoms with Gasteiger partial charge in [0, 0.05) is 0 Å². The van der Waals surface area contributed by atoms with Crippen LogP contribution in [0.2, 0.25) is 0 Å². The molecule has 10 heteroatoms. The van der Waals surface area contributed by atoms with E-state index in [4.69, 9.17) is 40.0 Å². The van der Waals surface area contributed by atoms with E-state index in [1.807, 2.05) is 30.3 Å². The predicted molar refractivity (Wildman–Crippen MR) is 109 cm³/mol. The maximum absolute atomic E-state index is 11.6. The molecule has 1 aromatic carbocycles. The number of alkyl halides is 1. The topological polar surface area (TPSA) is 92.7 Å². The van der Waals surface area contributed by atoms with Crippen LogP contribution in [0.25, 0.3) is 0 Å². The number of hydrogen-bond donors (Lipinski definition) is 1. The zero-order chi connectivity index (χ0) is 21.9. The number of esters is 1. The Kier molecular flexibility index (Phi) is 7.82. The summed E-state index contributed by atoms with van der Waals surface area (Å²) in [5.74, 6) is -3.39. The molecule has 1 aromatic rings. The number of fused-ring (bicyclic) bond motifs is 1. The van der Waals surface area contributed by atoms with Crippen LogP contribution in [0.15, 0.2) is 30.3 Å². The molecule has 168 valence electrons. The Morgan fingerprint density at radius 2 is 1.73 bits per heavy atom. The van der Waals surface area contributed by atoms with Crippen LogP contribution in [0.5, 0.6) is 0 Å². The number of hydrogen-bond acceptors (Lipinski definition) is 8. The molecule has 0 saturated carbocycles. The Bertz CT molecular complexity index is 724. The quantitative estimate of drug-likeness (QED) is 0.321. The minimum absolute atomic E-state index is 0.0896. The van der Waals surface area contributed by atoms with Crippen LogP contribution in [0.3, 0.4) is 0 Å². The second-order valence-corrected chi connectivity index (χ2v) is 9.97. The first-order chi connectivity index (χ1) is 14.3. The summed E-state index contributed by atoms with van der Waals surface area (Å²) in [5, 5.41) is 10.6. The number of ether oxygens (including phenoxy) is 6. The number of halogens is 1. The van der Waals surface area contributed by atoms with Crippen LogP contribution >= 0.6 is 11.6 Å². The maximum atomic E-state index is 11.6.